The molecule has 0 saturated heterocycles. The molecular formula is C25H21F4N5O3. The van der Waals surface area contributed by atoms with E-state index in [4.69, 9.17) is 0 Å². The molecule has 12 heteroatoms. The van der Waals surface area contributed by atoms with E-state index < -0.39 is 29.9 Å². The average molecular weight is 515 g/mol. The first-order chi connectivity index (χ1) is 17.4. The highest BCUT2D eigenvalue weighted by atomic mass is 19.4. The summed E-state index contributed by atoms with van der Waals surface area (Å²) < 4.78 is 57.3. The van der Waals surface area contributed by atoms with Crippen molar-refractivity contribution in [3.05, 3.63) is 77.2 Å². The largest absolute Gasteiger partial charge is 0.573 e. The van der Waals surface area contributed by atoms with Crippen molar-refractivity contribution in [2.75, 3.05) is 5.32 Å². The minimum Gasteiger partial charge on any atom is -0.406 e. The maximum atomic E-state index is 14.3. The van der Waals surface area contributed by atoms with Gasteiger partial charge in [0.15, 0.2) is 11.5 Å². The number of aromatic nitrogens is 3. The highest BCUT2D eigenvalue weighted by molar-refractivity contribution is 5.97. The maximum Gasteiger partial charge on any atom is 0.573 e. The molecule has 0 saturated carbocycles. The number of benzene rings is 2. The van der Waals surface area contributed by atoms with Crippen LogP contribution in [0.25, 0.3) is 16.9 Å². The highest BCUT2D eigenvalue weighted by Gasteiger charge is 2.31. The number of hydrogen-bond donors (Lipinski definition) is 2. The smallest absolute Gasteiger partial charge is 0.406 e. The zero-order chi connectivity index (χ0) is 26.9. The predicted octanol–water partition coefficient (Wildman–Crippen LogP) is 5.19. The van der Waals surface area contributed by atoms with E-state index in [1.165, 1.54) is 18.4 Å². The summed E-state index contributed by atoms with van der Waals surface area (Å²) in [5.41, 5.74) is 2.37. The number of halogens is 4. The third-order valence-corrected chi connectivity index (χ3v) is 5.42. The Bertz CT molecular complexity index is 1500. The number of hydrogen-bond acceptors (Lipinski definition) is 5. The number of rotatable bonds is 6. The molecular weight excluding hydrogens is 494 g/mol. The summed E-state index contributed by atoms with van der Waals surface area (Å²) in [7, 11) is 0. The number of imidazole rings is 1. The average Bonchev–Trinajstić information content (AvgIpc) is 3.20. The van der Waals surface area contributed by atoms with Crippen LogP contribution in [0.1, 0.15) is 41.4 Å². The zero-order valence-corrected chi connectivity index (χ0v) is 19.9. The van der Waals surface area contributed by atoms with Crippen LogP contribution < -0.4 is 15.4 Å². The Balaban J connectivity index is 1.58. The minimum absolute atomic E-state index is 0.161. The topological polar surface area (TPSA) is 97.6 Å². The van der Waals surface area contributed by atoms with Crippen LogP contribution in [0, 0.1) is 12.7 Å². The Labute approximate surface area is 208 Å². The Morgan fingerprint density at radius 3 is 2.54 bits per heavy atom. The molecule has 0 radical (unpaired) electrons. The fourth-order valence-corrected chi connectivity index (χ4v) is 3.71. The van der Waals surface area contributed by atoms with Gasteiger partial charge in [-0.15, -0.1) is 13.2 Å². The standard InChI is InChI=1S/C25H21F4N5O3/c1-13-4-5-16(21-8-9-23-32-22(31-15(3)35)12-34(23)33-21)10-18(13)24(36)30-14(2)19-11-17(6-7-20(19)26)37-25(27,28)29/h4-12,14H,1-3H3,(H,30,36)(H,31,35). The molecule has 4 rings (SSSR count). The van der Waals surface area contributed by atoms with Crippen molar-refractivity contribution < 1.29 is 31.9 Å². The molecule has 192 valence electrons. The molecule has 0 aliphatic rings. The van der Waals surface area contributed by atoms with Crippen molar-refractivity contribution in [2.45, 2.75) is 33.2 Å². The van der Waals surface area contributed by atoms with Gasteiger partial charge in [-0.1, -0.05) is 12.1 Å². The molecule has 1 unspecified atom stereocenters. The molecule has 2 N–H and O–H groups in total. The van der Waals surface area contributed by atoms with Crippen molar-refractivity contribution in [3.8, 4) is 17.0 Å². The molecule has 0 fully saturated rings. The molecule has 1 atom stereocenters. The van der Waals surface area contributed by atoms with Crippen LogP contribution in [-0.4, -0.2) is 32.8 Å². The molecule has 8 nitrogen and oxygen atoms in total. The Morgan fingerprint density at radius 2 is 1.84 bits per heavy atom. The molecule has 0 spiro atoms. The number of anilines is 1. The molecule has 2 heterocycles. The van der Waals surface area contributed by atoms with Gasteiger partial charge >= 0.3 is 6.36 Å². The summed E-state index contributed by atoms with van der Waals surface area (Å²) in [5, 5.41) is 9.68. The minimum atomic E-state index is -4.93. The van der Waals surface area contributed by atoms with E-state index in [-0.39, 0.29) is 17.0 Å². The quantitative estimate of drug-likeness (QED) is 0.345. The number of amides is 2. The second kappa shape index (κ2) is 9.88. The van der Waals surface area contributed by atoms with E-state index >= 15 is 0 Å². The summed E-state index contributed by atoms with van der Waals surface area (Å²) in [6.45, 7) is 4.53. The number of nitrogens with zero attached hydrogens (tertiary/aromatic N) is 3. The first-order valence-corrected chi connectivity index (χ1v) is 11.0. The van der Waals surface area contributed by atoms with E-state index in [0.29, 0.717) is 28.3 Å². The summed E-state index contributed by atoms with van der Waals surface area (Å²) in [6, 6.07) is 10.2. The fourth-order valence-electron chi connectivity index (χ4n) is 3.71. The zero-order valence-electron chi connectivity index (χ0n) is 19.9. The summed E-state index contributed by atoms with van der Waals surface area (Å²) >= 11 is 0. The number of fused-ring (bicyclic) bond motifs is 1. The van der Waals surface area contributed by atoms with Gasteiger partial charge in [-0.2, -0.15) is 5.10 Å². The lowest BCUT2D eigenvalue weighted by Crippen LogP contribution is -2.28. The highest BCUT2D eigenvalue weighted by Crippen LogP contribution is 2.28. The molecule has 0 aliphatic heterocycles. The first-order valence-electron chi connectivity index (χ1n) is 11.0. The van der Waals surface area contributed by atoms with Gasteiger partial charge in [0.1, 0.15) is 11.6 Å². The molecule has 4 aromatic rings. The normalized spacial score (nSPS) is 12.3. The fraction of sp³-hybridized carbons (Fsp3) is 0.200. The van der Waals surface area contributed by atoms with Crippen molar-refractivity contribution >= 4 is 23.3 Å². The van der Waals surface area contributed by atoms with Crippen LogP contribution in [0.2, 0.25) is 0 Å². The third-order valence-electron chi connectivity index (χ3n) is 5.42. The lowest BCUT2D eigenvalue weighted by Gasteiger charge is -2.18. The van der Waals surface area contributed by atoms with Crippen LogP contribution in [0.4, 0.5) is 23.4 Å². The Morgan fingerprint density at radius 1 is 1.08 bits per heavy atom. The Hall–Kier alpha value is -4.48. The maximum absolute atomic E-state index is 14.3. The molecule has 2 amide bonds. The summed E-state index contributed by atoms with van der Waals surface area (Å²) in [6.07, 6.45) is -3.38. The SMILES string of the molecule is CC(=O)Nc1cn2nc(-c3ccc(C)c(C(=O)NC(C)c4cc(OC(F)(F)F)ccc4F)c3)ccc2n1. The molecule has 2 aromatic carbocycles. The van der Waals surface area contributed by atoms with E-state index in [2.05, 4.69) is 25.5 Å². The number of alkyl halides is 3. The van der Waals surface area contributed by atoms with Crippen LogP contribution in [0.3, 0.4) is 0 Å². The van der Waals surface area contributed by atoms with Crippen LogP contribution in [-0.2, 0) is 4.79 Å². The molecule has 0 aliphatic carbocycles. The number of carbonyl (C=O) groups is 2. The monoisotopic (exact) mass is 515 g/mol. The third kappa shape index (κ3) is 6.02. The van der Waals surface area contributed by atoms with Crippen LogP contribution >= 0.6 is 0 Å². The van der Waals surface area contributed by atoms with Gasteiger partial charge in [0, 0.05) is 23.6 Å². The van der Waals surface area contributed by atoms with E-state index in [0.717, 1.165) is 18.2 Å². The van der Waals surface area contributed by atoms with Gasteiger partial charge in [-0.3, -0.25) is 9.59 Å². The lowest BCUT2D eigenvalue weighted by atomic mass is 10.0. The van der Waals surface area contributed by atoms with Gasteiger partial charge in [-0.25, -0.2) is 13.9 Å². The predicted molar refractivity (Wildman–Crippen MR) is 126 cm³/mol. The molecule has 0 bridgehead atoms. The number of nitrogens with one attached hydrogen (secondary N) is 2. The van der Waals surface area contributed by atoms with Crippen molar-refractivity contribution in [1.82, 2.24) is 19.9 Å². The second-order valence-corrected chi connectivity index (χ2v) is 8.28. The van der Waals surface area contributed by atoms with Gasteiger partial charge < -0.3 is 15.4 Å². The summed E-state index contributed by atoms with van der Waals surface area (Å²) in [4.78, 5) is 28.6. The van der Waals surface area contributed by atoms with Crippen molar-refractivity contribution in [3.63, 3.8) is 0 Å². The second-order valence-electron chi connectivity index (χ2n) is 8.28. The number of carbonyl (C=O) groups excluding carboxylic acids is 2. The van der Waals surface area contributed by atoms with Gasteiger partial charge in [-0.05, 0) is 55.8 Å². The van der Waals surface area contributed by atoms with Crippen molar-refractivity contribution in [2.24, 2.45) is 0 Å². The van der Waals surface area contributed by atoms with E-state index in [1.807, 2.05) is 0 Å². The number of ether oxygens (including phenoxy) is 1. The van der Waals surface area contributed by atoms with E-state index in [9.17, 15) is 27.2 Å². The Kier molecular flexibility index (Phi) is 6.84. The number of aryl methyl sites for hydroxylation is 1. The van der Waals surface area contributed by atoms with Crippen molar-refractivity contribution in [1.29, 1.82) is 0 Å². The van der Waals surface area contributed by atoms with Gasteiger partial charge in [0.2, 0.25) is 5.91 Å². The molecule has 37 heavy (non-hydrogen) atoms. The molecule has 2 aromatic heterocycles. The van der Waals surface area contributed by atoms with E-state index in [1.54, 1.807) is 43.5 Å². The first kappa shape index (κ1) is 25.6. The van der Waals surface area contributed by atoms with Crippen LogP contribution in [0.5, 0.6) is 5.75 Å². The lowest BCUT2D eigenvalue weighted by molar-refractivity contribution is -0.274. The summed E-state index contributed by atoms with van der Waals surface area (Å²) in [5.74, 6) is -1.86. The van der Waals surface area contributed by atoms with Gasteiger partial charge in [0.25, 0.3) is 5.91 Å². The van der Waals surface area contributed by atoms with Crippen LogP contribution in [0.15, 0.2) is 54.7 Å². The van der Waals surface area contributed by atoms with Gasteiger partial charge in [0.05, 0.1) is 17.9 Å².